The second-order valence-electron chi connectivity index (χ2n) is 6.35. The Bertz CT molecular complexity index is 874. The molecule has 0 bridgehead atoms. The molecule has 3 aliphatic heterocycles. The highest BCUT2D eigenvalue weighted by Gasteiger charge is 2.22. The Hall–Kier alpha value is -2.83. The van der Waals surface area contributed by atoms with Crippen LogP contribution in [0.2, 0.25) is 0 Å². The van der Waals surface area contributed by atoms with Gasteiger partial charge in [-0.3, -0.25) is 0 Å². The van der Waals surface area contributed by atoms with Crippen molar-refractivity contribution in [3.05, 3.63) is 35.9 Å². The second-order valence-corrected chi connectivity index (χ2v) is 6.35. The lowest BCUT2D eigenvalue weighted by molar-refractivity contribution is 0.174. The van der Waals surface area contributed by atoms with Crippen molar-refractivity contribution < 1.29 is 9.47 Å². The number of fused-ring (bicyclic) bond motifs is 2. The van der Waals surface area contributed by atoms with Gasteiger partial charge in [-0.1, -0.05) is 19.9 Å². The topological polar surface area (TPSA) is 74.1 Å². The fourth-order valence-corrected chi connectivity index (χ4v) is 2.86. The van der Waals surface area contributed by atoms with Gasteiger partial charge in [0.15, 0.2) is 28.8 Å². The number of nitrogens with one attached hydrogen (secondary N) is 1. The van der Waals surface area contributed by atoms with E-state index in [2.05, 4.69) is 29.1 Å². The van der Waals surface area contributed by atoms with Crippen LogP contribution in [0.15, 0.2) is 24.5 Å². The summed E-state index contributed by atoms with van der Waals surface area (Å²) in [6.45, 7) is 7.94. The summed E-state index contributed by atoms with van der Waals surface area (Å²) in [5.41, 5.74) is 1.91. The first-order valence-corrected chi connectivity index (χ1v) is 8.51. The van der Waals surface area contributed by atoms with E-state index in [0.717, 1.165) is 46.8 Å². The summed E-state index contributed by atoms with van der Waals surface area (Å²) in [4.78, 5) is 14.0. The van der Waals surface area contributed by atoms with Crippen molar-refractivity contribution in [1.29, 1.82) is 0 Å². The summed E-state index contributed by atoms with van der Waals surface area (Å²) in [5.74, 6) is 4.28. The number of hydrogen-bond acceptors (Lipinski definition) is 6. The van der Waals surface area contributed by atoms with Crippen LogP contribution < -0.4 is 14.8 Å². The molecule has 0 spiro atoms. The first-order chi connectivity index (χ1) is 12.2. The zero-order valence-electron chi connectivity index (χ0n) is 14.6. The third-order valence-corrected chi connectivity index (χ3v) is 4.13. The van der Waals surface area contributed by atoms with Crippen LogP contribution in [0.4, 0.5) is 5.82 Å². The molecule has 0 aromatic heterocycles. The van der Waals surface area contributed by atoms with Crippen LogP contribution in [-0.4, -0.2) is 32.9 Å². The molecule has 0 saturated heterocycles. The van der Waals surface area contributed by atoms with Crippen molar-refractivity contribution in [1.82, 2.24) is 19.5 Å². The van der Waals surface area contributed by atoms with Gasteiger partial charge >= 0.3 is 0 Å². The number of nitrogens with zero attached hydrogens (tertiary/aromatic N) is 4. The molecule has 7 heteroatoms. The Kier molecular flexibility index (Phi) is 3.91. The van der Waals surface area contributed by atoms with E-state index >= 15 is 0 Å². The highest BCUT2D eigenvalue weighted by Crippen LogP contribution is 2.33. The number of rotatable bonds is 5. The number of benzene rings is 1. The van der Waals surface area contributed by atoms with Gasteiger partial charge < -0.3 is 19.4 Å². The van der Waals surface area contributed by atoms with Crippen LogP contribution in [-0.2, 0) is 6.54 Å². The normalized spacial score (nSPS) is 13.0. The Morgan fingerprint density at radius 1 is 1.20 bits per heavy atom. The van der Waals surface area contributed by atoms with E-state index in [1.807, 2.05) is 36.0 Å². The van der Waals surface area contributed by atoms with Gasteiger partial charge in [-0.2, -0.15) is 0 Å². The zero-order valence-corrected chi connectivity index (χ0v) is 14.6. The van der Waals surface area contributed by atoms with Crippen molar-refractivity contribution >= 4 is 5.82 Å². The van der Waals surface area contributed by atoms with Crippen molar-refractivity contribution in [3.8, 4) is 23.0 Å². The first-order valence-electron chi connectivity index (χ1n) is 8.51. The molecule has 0 atom stereocenters. The summed E-state index contributed by atoms with van der Waals surface area (Å²) in [6, 6.07) is 5.97. The monoisotopic (exact) mass is 339 g/mol. The van der Waals surface area contributed by atoms with Crippen molar-refractivity contribution in [2.45, 2.75) is 33.2 Å². The molecule has 3 aliphatic rings. The lowest BCUT2D eigenvalue weighted by Crippen LogP contribution is -2.10. The zero-order chi connectivity index (χ0) is 17.4. The van der Waals surface area contributed by atoms with Crippen LogP contribution >= 0.6 is 0 Å². The van der Waals surface area contributed by atoms with Gasteiger partial charge in [0.05, 0.1) is 12.9 Å². The highest BCUT2D eigenvalue weighted by molar-refractivity contribution is 5.67. The average Bonchev–Trinajstić information content (AvgIpc) is 3.23. The number of hydrogen-bond donors (Lipinski definition) is 1. The number of imidazole rings is 1. The third-order valence-electron chi connectivity index (χ3n) is 4.13. The average molecular weight is 339 g/mol. The van der Waals surface area contributed by atoms with Crippen molar-refractivity contribution in [2.75, 3.05) is 18.7 Å². The van der Waals surface area contributed by atoms with E-state index in [-0.39, 0.29) is 12.7 Å². The van der Waals surface area contributed by atoms with Crippen LogP contribution in [0.5, 0.6) is 11.5 Å². The maximum Gasteiger partial charge on any atom is 0.231 e. The molecule has 1 aromatic rings. The molecule has 0 amide bonds. The Balaban J connectivity index is 1.73. The van der Waals surface area contributed by atoms with E-state index in [1.54, 1.807) is 0 Å². The molecule has 0 fully saturated rings. The molecule has 130 valence electrons. The first kappa shape index (κ1) is 15.7. The van der Waals surface area contributed by atoms with Crippen LogP contribution in [0.25, 0.3) is 11.5 Å². The minimum Gasteiger partial charge on any atom is -0.454 e. The van der Waals surface area contributed by atoms with Crippen LogP contribution in [0, 0.1) is 0 Å². The summed E-state index contributed by atoms with van der Waals surface area (Å²) >= 11 is 0. The molecule has 0 radical (unpaired) electrons. The third kappa shape index (κ3) is 2.86. The Morgan fingerprint density at radius 2 is 2.04 bits per heavy atom. The predicted molar refractivity (Wildman–Crippen MR) is 94.4 cm³/mol. The maximum absolute atomic E-state index is 5.47. The quantitative estimate of drug-likeness (QED) is 0.770. The fraction of sp³-hybridized carbons (Fsp3) is 0.389. The smallest absolute Gasteiger partial charge is 0.231 e. The summed E-state index contributed by atoms with van der Waals surface area (Å²) in [7, 11) is 0. The van der Waals surface area contributed by atoms with E-state index in [9.17, 15) is 0 Å². The minimum atomic E-state index is 0.265. The minimum absolute atomic E-state index is 0.265. The molecule has 7 nitrogen and oxygen atoms in total. The largest absolute Gasteiger partial charge is 0.454 e. The van der Waals surface area contributed by atoms with Gasteiger partial charge in [0.2, 0.25) is 6.79 Å². The van der Waals surface area contributed by atoms with E-state index < -0.39 is 0 Å². The van der Waals surface area contributed by atoms with Crippen molar-refractivity contribution in [2.24, 2.45) is 0 Å². The molecule has 25 heavy (non-hydrogen) atoms. The standard InChI is InChI=1S/C18H21N5O2/c1-4-19-17-15-18(22-16(21-15)11(2)3)23(9-20-17)8-12-5-6-13-14(7-12)25-10-24-13/h5-7,9,11,19H,4,8,10H2,1-3H3. The molecular weight excluding hydrogens is 318 g/mol. The van der Waals surface area contributed by atoms with Crippen LogP contribution in [0.3, 0.4) is 0 Å². The number of aromatic nitrogens is 4. The lowest BCUT2D eigenvalue weighted by atomic mass is 10.2. The second kappa shape index (κ2) is 6.23. The predicted octanol–water partition coefficient (Wildman–Crippen LogP) is 3.11. The van der Waals surface area contributed by atoms with Crippen molar-refractivity contribution in [3.63, 3.8) is 0 Å². The van der Waals surface area contributed by atoms with Gasteiger partial charge in [0.1, 0.15) is 5.82 Å². The molecule has 1 aromatic carbocycles. The highest BCUT2D eigenvalue weighted by atomic mass is 16.7. The fourth-order valence-electron chi connectivity index (χ4n) is 2.86. The van der Waals surface area contributed by atoms with E-state index in [0.29, 0.717) is 6.54 Å². The van der Waals surface area contributed by atoms with Gasteiger partial charge in [-0.15, -0.1) is 0 Å². The number of ether oxygens (including phenoxy) is 2. The lowest BCUT2D eigenvalue weighted by Gasteiger charge is -2.13. The molecule has 4 rings (SSSR count). The van der Waals surface area contributed by atoms with E-state index in [1.165, 1.54) is 0 Å². The van der Waals surface area contributed by atoms with E-state index in [4.69, 9.17) is 14.5 Å². The Labute approximate surface area is 146 Å². The maximum atomic E-state index is 5.47. The molecule has 0 aliphatic carbocycles. The van der Waals surface area contributed by atoms with Gasteiger partial charge in [-0.05, 0) is 24.6 Å². The molecule has 3 heterocycles. The molecular formula is C18H21N5O2. The Morgan fingerprint density at radius 3 is 2.84 bits per heavy atom. The molecule has 0 unspecified atom stereocenters. The SMILES string of the molecule is CCNc1ncn(Cc2ccc3c(c2)OCO3)c2nc(C(C)C)nc1-2. The summed E-state index contributed by atoms with van der Waals surface area (Å²) in [5, 5.41) is 3.26. The molecule has 1 N–H and O–H groups in total. The summed E-state index contributed by atoms with van der Waals surface area (Å²) in [6.07, 6.45) is 1.81. The van der Waals surface area contributed by atoms with Crippen LogP contribution in [0.1, 0.15) is 38.1 Å². The number of anilines is 1. The van der Waals surface area contributed by atoms with Gasteiger partial charge in [0, 0.05) is 12.5 Å². The van der Waals surface area contributed by atoms with Gasteiger partial charge in [0.25, 0.3) is 0 Å². The summed E-state index contributed by atoms with van der Waals surface area (Å²) < 4.78 is 12.9. The van der Waals surface area contributed by atoms with Gasteiger partial charge in [-0.25, -0.2) is 15.0 Å². The molecule has 0 saturated carbocycles.